The maximum absolute atomic E-state index is 13.7. The van der Waals surface area contributed by atoms with Crippen LogP contribution in [0.15, 0.2) is 36.4 Å². The van der Waals surface area contributed by atoms with Crippen molar-refractivity contribution in [2.75, 3.05) is 44.6 Å². The van der Waals surface area contributed by atoms with Gasteiger partial charge in [-0.05, 0) is 37.1 Å². The molecule has 0 spiro atoms. The second-order valence-corrected chi connectivity index (χ2v) is 7.78. The number of hydrogen-bond donors (Lipinski definition) is 2. The van der Waals surface area contributed by atoms with Gasteiger partial charge in [0.1, 0.15) is 11.6 Å². The zero-order valence-corrected chi connectivity index (χ0v) is 18.1. The highest BCUT2D eigenvalue weighted by Gasteiger charge is 2.23. The highest BCUT2D eigenvalue weighted by Crippen LogP contribution is 2.19. The van der Waals surface area contributed by atoms with Crippen molar-refractivity contribution in [2.24, 2.45) is 0 Å². The first kappa shape index (κ1) is 23.3. The highest BCUT2D eigenvalue weighted by atomic mass is 19.1. The predicted molar refractivity (Wildman–Crippen MR) is 116 cm³/mol. The molecule has 32 heavy (non-hydrogen) atoms. The lowest BCUT2D eigenvalue weighted by Crippen LogP contribution is -2.52. The molecule has 2 aromatic rings. The molecule has 1 heterocycles. The Morgan fingerprint density at radius 1 is 0.969 bits per heavy atom. The number of aryl methyl sites for hydroxylation is 2. The lowest BCUT2D eigenvalue weighted by Gasteiger charge is -2.34. The zero-order valence-electron chi connectivity index (χ0n) is 18.1. The van der Waals surface area contributed by atoms with Crippen LogP contribution in [0.2, 0.25) is 0 Å². The molecule has 0 radical (unpaired) electrons. The molecular weight excluding hydrogens is 418 g/mol. The van der Waals surface area contributed by atoms with Crippen molar-refractivity contribution in [1.29, 1.82) is 0 Å². The molecule has 0 aliphatic carbocycles. The number of rotatable bonds is 6. The Morgan fingerprint density at radius 2 is 1.62 bits per heavy atom. The number of nitrogens with one attached hydrogen (secondary N) is 2. The SMILES string of the molecule is Cc1cccc(C)c1NC(=O)CN1CCN(C(=O)CNC(=O)c2ccc(F)cc2F)CC1. The molecule has 9 heteroatoms. The molecule has 0 unspecified atom stereocenters. The monoisotopic (exact) mass is 444 g/mol. The Bertz CT molecular complexity index is 1000. The van der Waals surface area contributed by atoms with E-state index in [-0.39, 0.29) is 30.5 Å². The fourth-order valence-electron chi connectivity index (χ4n) is 3.59. The van der Waals surface area contributed by atoms with Gasteiger partial charge in [0, 0.05) is 37.9 Å². The van der Waals surface area contributed by atoms with Crippen LogP contribution < -0.4 is 10.6 Å². The van der Waals surface area contributed by atoms with E-state index in [9.17, 15) is 23.2 Å². The van der Waals surface area contributed by atoms with E-state index in [0.29, 0.717) is 32.2 Å². The fraction of sp³-hybridized carbons (Fsp3) is 0.348. The Morgan fingerprint density at radius 3 is 2.25 bits per heavy atom. The van der Waals surface area contributed by atoms with Crippen molar-refractivity contribution in [2.45, 2.75) is 13.8 Å². The van der Waals surface area contributed by atoms with Crippen molar-refractivity contribution in [3.05, 3.63) is 64.7 Å². The van der Waals surface area contributed by atoms with E-state index in [2.05, 4.69) is 10.6 Å². The average Bonchev–Trinajstić information content (AvgIpc) is 2.75. The molecule has 170 valence electrons. The van der Waals surface area contributed by atoms with Gasteiger partial charge in [-0.15, -0.1) is 0 Å². The number of hydrogen-bond acceptors (Lipinski definition) is 4. The van der Waals surface area contributed by atoms with Crippen molar-refractivity contribution < 1.29 is 23.2 Å². The first-order valence-corrected chi connectivity index (χ1v) is 10.3. The van der Waals surface area contributed by atoms with Gasteiger partial charge in [0.15, 0.2) is 0 Å². The summed E-state index contributed by atoms with van der Waals surface area (Å²) < 4.78 is 26.6. The quantitative estimate of drug-likeness (QED) is 0.715. The second-order valence-electron chi connectivity index (χ2n) is 7.78. The molecule has 2 aromatic carbocycles. The van der Waals surface area contributed by atoms with Gasteiger partial charge >= 0.3 is 0 Å². The molecule has 1 saturated heterocycles. The number of nitrogens with zero attached hydrogens (tertiary/aromatic N) is 2. The summed E-state index contributed by atoms with van der Waals surface area (Å²) in [6.45, 7) is 5.68. The van der Waals surface area contributed by atoms with Crippen LogP contribution in [0.1, 0.15) is 21.5 Å². The normalized spacial score (nSPS) is 14.2. The Kier molecular flexibility index (Phi) is 7.53. The van der Waals surface area contributed by atoms with Crippen molar-refractivity contribution in [1.82, 2.24) is 15.1 Å². The number of benzene rings is 2. The third kappa shape index (κ3) is 5.88. The van der Waals surface area contributed by atoms with Gasteiger partial charge in [0.05, 0.1) is 18.7 Å². The van der Waals surface area contributed by atoms with Crippen LogP contribution in [0.3, 0.4) is 0 Å². The van der Waals surface area contributed by atoms with Crippen LogP contribution in [-0.2, 0) is 9.59 Å². The van der Waals surface area contributed by atoms with Crippen molar-refractivity contribution >= 4 is 23.4 Å². The third-order valence-corrected chi connectivity index (χ3v) is 5.41. The van der Waals surface area contributed by atoms with Gasteiger partial charge in [0.2, 0.25) is 11.8 Å². The lowest BCUT2D eigenvalue weighted by atomic mass is 10.1. The second kappa shape index (κ2) is 10.3. The summed E-state index contributed by atoms with van der Waals surface area (Å²) in [5, 5.41) is 5.32. The van der Waals surface area contributed by atoms with Gasteiger partial charge in [-0.3, -0.25) is 19.3 Å². The maximum atomic E-state index is 13.7. The summed E-state index contributed by atoms with van der Waals surface area (Å²) in [4.78, 5) is 40.4. The van der Waals surface area contributed by atoms with Gasteiger partial charge in [0.25, 0.3) is 5.91 Å². The summed E-state index contributed by atoms with van der Waals surface area (Å²) in [6, 6.07) is 8.45. The summed E-state index contributed by atoms with van der Waals surface area (Å²) in [5.41, 5.74) is 2.49. The molecule has 3 amide bonds. The molecule has 0 aromatic heterocycles. The first-order chi connectivity index (χ1) is 15.2. The molecule has 0 atom stereocenters. The molecule has 3 rings (SSSR count). The van der Waals surface area contributed by atoms with Crippen LogP contribution in [0.5, 0.6) is 0 Å². The number of carbonyl (C=O) groups excluding carboxylic acids is 3. The standard InChI is InChI=1S/C23H26F2N4O3/c1-15-4-3-5-16(2)22(15)27-20(30)14-28-8-10-29(11-9-28)21(31)13-26-23(32)18-7-6-17(24)12-19(18)25/h3-7,12H,8-11,13-14H2,1-2H3,(H,26,32)(H,27,30). The van der Waals surface area contributed by atoms with Gasteiger partial charge in [-0.25, -0.2) is 8.78 Å². The van der Waals surface area contributed by atoms with E-state index < -0.39 is 17.5 Å². The van der Waals surface area contributed by atoms with Crippen LogP contribution in [0, 0.1) is 25.5 Å². The zero-order chi connectivity index (χ0) is 23.3. The van der Waals surface area contributed by atoms with E-state index >= 15 is 0 Å². The van der Waals surface area contributed by atoms with Gasteiger partial charge < -0.3 is 15.5 Å². The third-order valence-electron chi connectivity index (χ3n) is 5.41. The van der Waals surface area contributed by atoms with Crippen molar-refractivity contribution in [3.63, 3.8) is 0 Å². The molecule has 0 saturated carbocycles. The van der Waals surface area contributed by atoms with E-state index in [1.165, 1.54) is 0 Å². The minimum Gasteiger partial charge on any atom is -0.343 e. The summed E-state index contributed by atoms with van der Waals surface area (Å²) in [7, 11) is 0. The van der Waals surface area contributed by atoms with Crippen LogP contribution >= 0.6 is 0 Å². The van der Waals surface area contributed by atoms with Crippen LogP contribution in [0.4, 0.5) is 14.5 Å². The average molecular weight is 444 g/mol. The summed E-state index contributed by atoms with van der Waals surface area (Å²) in [6.07, 6.45) is 0. The molecule has 1 fully saturated rings. The lowest BCUT2D eigenvalue weighted by molar-refractivity contribution is -0.132. The smallest absolute Gasteiger partial charge is 0.254 e. The minimum atomic E-state index is -0.984. The molecular formula is C23H26F2N4O3. The molecule has 0 bridgehead atoms. The fourth-order valence-corrected chi connectivity index (χ4v) is 3.59. The number of anilines is 1. The number of para-hydroxylation sites is 1. The topological polar surface area (TPSA) is 81.8 Å². The number of halogens is 2. The Balaban J connectivity index is 1.43. The number of amides is 3. The Labute approximate surface area is 185 Å². The number of carbonyl (C=O) groups is 3. The molecule has 7 nitrogen and oxygen atoms in total. The van der Waals surface area contributed by atoms with Gasteiger partial charge in [-0.1, -0.05) is 18.2 Å². The summed E-state index contributed by atoms with van der Waals surface area (Å²) >= 11 is 0. The van der Waals surface area contributed by atoms with E-state index in [1.54, 1.807) is 4.90 Å². The maximum Gasteiger partial charge on any atom is 0.254 e. The highest BCUT2D eigenvalue weighted by molar-refractivity contribution is 5.96. The molecule has 1 aliphatic heterocycles. The number of piperazine rings is 1. The van der Waals surface area contributed by atoms with Crippen LogP contribution in [0.25, 0.3) is 0 Å². The Hall–Kier alpha value is -3.33. The predicted octanol–water partition coefficient (Wildman–Crippen LogP) is 2.09. The van der Waals surface area contributed by atoms with Gasteiger partial charge in [-0.2, -0.15) is 0 Å². The first-order valence-electron chi connectivity index (χ1n) is 10.3. The van der Waals surface area contributed by atoms with E-state index in [0.717, 1.165) is 28.9 Å². The molecule has 2 N–H and O–H groups in total. The minimum absolute atomic E-state index is 0.115. The van der Waals surface area contributed by atoms with Crippen molar-refractivity contribution in [3.8, 4) is 0 Å². The van der Waals surface area contributed by atoms with Crippen LogP contribution in [-0.4, -0.2) is 66.8 Å². The summed E-state index contributed by atoms with van der Waals surface area (Å²) in [5.74, 6) is -2.97. The van der Waals surface area contributed by atoms with E-state index in [1.807, 2.05) is 36.9 Å². The van der Waals surface area contributed by atoms with E-state index in [4.69, 9.17) is 0 Å². The largest absolute Gasteiger partial charge is 0.343 e. The molecule has 1 aliphatic rings.